The van der Waals surface area contributed by atoms with Crippen LogP contribution in [0, 0.1) is 0 Å². The number of likely N-dealkylation sites (tertiary alicyclic amines) is 1. The molecule has 0 bridgehead atoms. The molecule has 35 heavy (non-hydrogen) atoms. The van der Waals surface area contributed by atoms with Gasteiger partial charge >= 0.3 is 0 Å². The number of likely N-dealkylation sites (N-methyl/N-ethyl adjacent to an activating group) is 1. The number of hydrogen-bond acceptors (Lipinski definition) is 7. The van der Waals surface area contributed by atoms with E-state index in [4.69, 9.17) is 4.74 Å². The number of carbonyl (C=O) groups excluding carboxylic acids is 1. The normalized spacial score (nSPS) is 18.9. The summed E-state index contributed by atoms with van der Waals surface area (Å²) in [7, 11) is -1.63. The zero-order chi connectivity index (χ0) is 25.0. The van der Waals surface area contributed by atoms with Gasteiger partial charge in [0.25, 0.3) is 5.91 Å². The molecule has 2 heterocycles. The molecule has 1 saturated heterocycles. The molecule has 2 aromatic rings. The first-order valence-electron chi connectivity index (χ1n) is 11.9. The number of sulfonamides is 1. The van der Waals surface area contributed by atoms with Crippen LogP contribution >= 0.6 is 0 Å². The van der Waals surface area contributed by atoms with E-state index in [2.05, 4.69) is 14.9 Å². The average molecular weight is 503 g/mol. The van der Waals surface area contributed by atoms with E-state index in [-0.39, 0.29) is 24.7 Å². The van der Waals surface area contributed by atoms with Gasteiger partial charge in [0.2, 0.25) is 10.0 Å². The molecule has 0 saturated carbocycles. The summed E-state index contributed by atoms with van der Waals surface area (Å²) in [4.78, 5) is 17.1. The highest BCUT2D eigenvalue weighted by Crippen LogP contribution is 2.37. The van der Waals surface area contributed by atoms with Crippen molar-refractivity contribution in [2.24, 2.45) is 0 Å². The molecule has 3 N–H and O–H groups in total. The highest BCUT2D eigenvalue weighted by atomic mass is 32.2. The van der Waals surface area contributed by atoms with E-state index in [1.807, 2.05) is 30.3 Å². The molecule has 0 radical (unpaired) electrons. The Morgan fingerprint density at radius 1 is 1.29 bits per heavy atom. The number of carbonyl (C=O) groups is 1. The number of rotatable bonds is 9. The van der Waals surface area contributed by atoms with Crippen LogP contribution < -0.4 is 14.8 Å². The molecule has 9 nitrogen and oxygen atoms in total. The van der Waals surface area contributed by atoms with Gasteiger partial charge < -0.3 is 20.1 Å². The van der Waals surface area contributed by atoms with E-state index in [1.54, 1.807) is 24.1 Å². The van der Waals surface area contributed by atoms with Crippen LogP contribution in [0.4, 0.5) is 11.4 Å². The highest BCUT2D eigenvalue weighted by molar-refractivity contribution is 7.92. The Morgan fingerprint density at radius 3 is 2.74 bits per heavy atom. The van der Waals surface area contributed by atoms with Gasteiger partial charge in [-0.1, -0.05) is 30.3 Å². The van der Waals surface area contributed by atoms with Gasteiger partial charge in [-0.05, 0) is 37.0 Å². The van der Waals surface area contributed by atoms with E-state index in [1.165, 1.54) is 0 Å². The van der Waals surface area contributed by atoms with Crippen molar-refractivity contribution in [3.05, 3.63) is 53.6 Å². The van der Waals surface area contributed by atoms with E-state index in [0.717, 1.165) is 49.0 Å². The van der Waals surface area contributed by atoms with Crippen molar-refractivity contribution in [1.29, 1.82) is 0 Å². The first-order chi connectivity index (χ1) is 16.7. The third-order valence-electron chi connectivity index (χ3n) is 6.55. The molecule has 0 unspecified atom stereocenters. The number of β-amino-alcohol motifs (C(OH)–C–C–N with tert-alkyl or cyclic N) is 1. The number of nitrogens with one attached hydrogen (secondary N) is 2. The van der Waals surface area contributed by atoms with Crippen LogP contribution in [-0.4, -0.2) is 81.4 Å². The number of anilines is 2. The molecule has 2 atom stereocenters. The maximum Gasteiger partial charge on any atom is 0.260 e. The van der Waals surface area contributed by atoms with Crippen LogP contribution in [0.5, 0.6) is 5.75 Å². The van der Waals surface area contributed by atoms with Gasteiger partial charge in [0, 0.05) is 38.8 Å². The fourth-order valence-corrected chi connectivity index (χ4v) is 5.33. The summed E-state index contributed by atoms with van der Waals surface area (Å²) in [5.74, 6) is 0.362. The standard InChI is InChI=1S/C25H34N4O5S/c1-28(22(18-7-4-3-5-8-18)16-29-14-12-19(30)15-29)24(31)17-34-23-11-10-21(27-35(2,32)33)20-9-6-13-26-25(20)23/h3-5,7-8,10-11,19,22,26-27,30H,6,9,12-17H2,1-2H3/t19-,22+/m0/s1. The lowest BCUT2D eigenvalue weighted by Gasteiger charge is -2.32. The van der Waals surface area contributed by atoms with Crippen LogP contribution in [0.15, 0.2) is 42.5 Å². The van der Waals surface area contributed by atoms with Crippen molar-refractivity contribution in [2.45, 2.75) is 31.4 Å². The molecule has 2 aliphatic heterocycles. The summed E-state index contributed by atoms with van der Waals surface area (Å²) in [6, 6.07) is 13.1. The average Bonchev–Trinajstić information content (AvgIpc) is 3.25. The largest absolute Gasteiger partial charge is 0.482 e. The molecule has 190 valence electrons. The molecule has 1 amide bonds. The second-order valence-electron chi connectivity index (χ2n) is 9.29. The number of hydrogen-bond donors (Lipinski definition) is 3. The fraction of sp³-hybridized carbons (Fsp3) is 0.480. The Hall–Kier alpha value is -2.82. The number of benzene rings is 2. The van der Waals surface area contributed by atoms with E-state index in [9.17, 15) is 18.3 Å². The lowest BCUT2D eigenvalue weighted by atomic mass is 10.0. The fourth-order valence-electron chi connectivity index (χ4n) is 4.74. The minimum absolute atomic E-state index is 0.143. The summed E-state index contributed by atoms with van der Waals surface area (Å²) < 4.78 is 32.0. The first-order valence-corrected chi connectivity index (χ1v) is 13.8. The zero-order valence-electron chi connectivity index (χ0n) is 20.2. The van der Waals surface area contributed by atoms with Crippen LogP contribution in [-0.2, 0) is 21.2 Å². The number of amides is 1. The number of aliphatic hydroxyl groups excluding tert-OH is 1. The molecule has 2 aliphatic rings. The predicted octanol–water partition coefficient (Wildman–Crippen LogP) is 2.06. The highest BCUT2D eigenvalue weighted by Gasteiger charge is 2.28. The maximum atomic E-state index is 13.2. The number of ether oxygens (including phenoxy) is 1. The van der Waals surface area contributed by atoms with Crippen LogP contribution in [0.25, 0.3) is 0 Å². The van der Waals surface area contributed by atoms with Crippen molar-refractivity contribution in [3.63, 3.8) is 0 Å². The topological polar surface area (TPSA) is 111 Å². The Kier molecular flexibility index (Phi) is 7.83. The SMILES string of the molecule is CN(C(=O)COc1ccc(NS(C)(=O)=O)c2c1NCCC2)[C@H](CN1CC[C@H](O)C1)c1ccccc1. The quantitative estimate of drug-likeness (QED) is 0.481. The van der Waals surface area contributed by atoms with Gasteiger partial charge in [-0.25, -0.2) is 8.42 Å². The Bertz CT molecular complexity index is 1140. The number of nitrogens with zero attached hydrogens (tertiary/aromatic N) is 2. The van der Waals surface area contributed by atoms with Crippen LogP contribution in [0.1, 0.15) is 30.0 Å². The molecule has 10 heteroatoms. The molecule has 0 spiro atoms. The van der Waals surface area contributed by atoms with Crippen molar-refractivity contribution in [3.8, 4) is 5.75 Å². The second-order valence-corrected chi connectivity index (χ2v) is 11.0. The van der Waals surface area contributed by atoms with Crippen LogP contribution in [0.3, 0.4) is 0 Å². The van der Waals surface area contributed by atoms with Crippen LogP contribution in [0.2, 0.25) is 0 Å². The van der Waals surface area contributed by atoms with E-state index < -0.39 is 10.0 Å². The van der Waals surface area contributed by atoms with Crippen molar-refractivity contribution in [2.75, 3.05) is 56.1 Å². The van der Waals surface area contributed by atoms with E-state index in [0.29, 0.717) is 30.9 Å². The summed E-state index contributed by atoms with van der Waals surface area (Å²) >= 11 is 0. The molecule has 2 aromatic carbocycles. The van der Waals surface area contributed by atoms with Gasteiger partial charge in [0.05, 0.1) is 29.8 Å². The monoisotopic (exact) mass is 502 g/mol. The van der Waals surface area contributed by atoms with Gasteiger partial charge in [0.1, 0.15) is 5.75 Å². The molecule has 0 aliphatic carbocycles. The van der Waals surface area contributed by atoms with Crippen molar-refractivity contribution < 1.29 is 23.1 Å². The summed E-state index contributed by atoms with van der Waals surface area (Å²) in [6.45, 7) is 2.64. The molecular weight excluding hydrogens is 468 g/mol. The van der Waals surface area contributed by atoms with Gasteiger partial charge in [-0.3, -0.25) is 14.4 Å². The third-order valence-corrected chi connectivity index (χ3v) is 7.14. The second kappa shape index (κ2) is 10.8. The number of fused-ring (bicyclic) bond motifs is 1. The summed E-state index contributed by atoms with van der Waals surface area (Å²) in [5, 5.41) is 13.2. The zero-order valence-corrected chi connectivity index (χ0v) is 21.1. The summed E-state index contributed by atoms with van der Waals surface area (Å²) in [6.07, 6.45) is 3.13. The predicted molar refractivity (Wildman–Crippen MR) is 136 cm³/mol. The van der Waals surface area contributed by atoms with Crippen molar-refractivity contribution in [1.82, 2.24) is 9.80 Å². The van der Waals surface area contributed by atoms with E-state index >= 15 is 0 Å². The lowest BCUT2D eigenvalue weighted by Crippen LogP contribution is -2.41. The van der Waals surface area contributed by atoms with Crippen molar-refractivity contribution >= 4 is 27.3 Å². The Balaban J connectivity index is 1.48. The van der Waals surface area contributed by atoms with Gasteiger partial charge in [-0.2, -0.15) is 0 Å². The first kappa shape index (κ1) is 25.3. The number of aliphatic hydroxyl groups is 1. The molecule has 0 aromatic heterocycles. The molecule has 1 fully saturated rings. The minimum Gasteiger partial charge on any atom is -0.482 e. The minimum atomic E-state index is -3.41. The Morgan fingerprint density at radius 2 is 2.06 bits per heavy atom. The summed E-state index contributed by atoms with van der Waals surface area (Å²) in [5.41, 5.74) is 3.13. The molecule has 4 rings (SSSR count). The van der Waals surface area contributed by atoms with Gasteiger partial charge in [0.15, 0.2) is 6.61 Å². The Labute approximate surface area is 207 Å². The molecular formula is C25H34N4O5S. The third kappa shape index (κ3) is 6.45. The maximum absolute atomic E-state index is 13.2. The van der Waals surface area contributed by atoms with Gasteiger partial charge in [-0.15, -0.1) is 0 Å². The smallest absolute Gasteiger partial charge is 0.260 e. The lowest BCUT2D eigenvalue weighted by molar-refractivity contribution is -0.134.